The molecule has 1 aliphatic heterocycles. The van der Waals surface area contributed by atoms with Gasteiger partial charge in [0, 0.05) is 19.1 Å². The molecule has 0 aliphatic carbocycles. The highest BCUT2D eigenvalue weighted by molar-refractivity contribution is 5.50. The van der Waals surface area contributed by atoms with E-state index in [0.29, 0.717) is 18.8 Å². The Balaban J connectivity index is 2.21. The Morgan fingerprint density at radius 3 is 2.74 bits per heavy atom. The molecular formula is C15H23FN2O. The van der Waals surface area contributed by atoms with Crippen LogP contribution in [0.1, 0.15) is 32.4 Å². The van der Waals surface area contributed by atoms with Crippen molar-refractivity contribution in [1.82, 2.24) is 5.32 Å². The number of anilines is 1. The van der Waals surface area contributed by atoms with Gasteiger partial charge < -0.3 is 15.0 Å². The molecule has 0 bridgehead atoms. The van der Waals surface area contributed by atoms with Crippen LogP contribution in [0.15, 0.2) is 18.2 Å². The van der Waals surface area contributed by atoms with Gasteiger partial charge in [-0.15, -0.1) is 0 Å². The average Bonchev–Trinajstić information content (AvgIpc) is 2.36. The predicted molar refractivity (Wildman–Crippen MR) is 76.1 cm³/mol. The standard InChI is InChI=1S/C15H23FN2O/c1-11(17-4)12-5-6-14(13(16)9-12)18-7-8-19-15(2,3)10-18/h5-6,9,11,17H,7-8,10H2,1-4H3. The van der Waals surface area contributed by atoms with Gasteiger partial charge >= 0.3 is 0 Å². The fraction of sp³-hybridized carbons (Fsp3) is 0.600. The van der Waals surface area contributed by atoms with Gasteiger partial charge in [-0.05, 0) is 45.5 Å². The minimum absolute atomic E-state index is 0.155. The van der Waals surface area contributed by atoms with Crippen molar-refractivity contribution in [2.24, 2.45) is 0 Å². The van der Waals surface area contributed by atoms with Gasteiger partial charge in [0.2, 0.25) is 0 Å². The van der Waals surface area contributed by atoms with E-state index in [4.69, 9.17) is 4.74 Å². The number of halogens is 1. The fourth-order valence-electron chi connectivity index (χ4n) is 2.44. The smallest absolute Gasteiger partial charge is 0.146 e. The first kappa shape index (κ1) is 14.3. The molecule has 1 N–H and O–H groups in total. The van der Waals surface area contributed by atoms with Gasteiger partial charge in [0.05, 0.1) is 17.9 Å². The molecule has 0 radical (unpaired) electrons. The second kappa shape index (κ2) is 5.47. The minimum Gasteiger partial charge on any atom is -0.372 e. The van der Waals surface area contributed by atoms with Crippen molar-refractivity contribution < 1.29 is 9.13 Å². The summed E-state index contributed by atoms with van der Waals surface area (Å²) in [5, 5.41) is 3.12. The number of morpholine rings is 1. The highest BCUT2D eigenvalue weighted by Crippen LogP contribution is 2.27. The first-order valence-electron chi connectivity index (χ1n) is 6.78. The van der Waals surface area contributed by atoms with Crippen molar-refractivity contribution in [1.29, 1.82) is 0 Å². The van der Waals surface area contributed by atoms with Crippen molar-refractivity contribution in [3.63, 3.8) is 0 Å². The number of nitrogens with one attached hydrogen (secondary N) is 1. The molecule has 0 aromatic heterocycles. The summed E-state index contributed by atoms with van der Waals surface area (Å²) in [6, 6.07) is 5.64. The van der Waals surface area contributed by atoms with E-state index in [2.05, 4.69) is 10.2 Å². The molecule has 0 amide bonds. The molecule has 1 fully saturated rings. The van der Waals surface area contributed by atoms with E-state index in [-0.39, 0.29) is 17.5 Å². The molecule has 4 heteroatoms. The highest BCUT2D eigenvalue weighted by Gasteiger charge is 2.28. The zero-order valence-corrected chi connectivity index (χ0v) is 12.2. The second-order valence-electron chi connectivity index (χ2n) is 5.75. The summed E-state index contributed by atoms with van der Waals surface area (Å²) in [4.78, 5) is 2.06. The number of rotatable bonds is 3. The number of hydrogen-bond donors (Lipinski definition) is 1. The summed E-state index contributed by atoms with van der Waals surface area (Å²) in [6.07, 6.45) is 0. The predicted octanol–water partition coefficient (Wildman–Crippen LogP) is 2.72. The van der Waals surface area contributed by atoms with Crippen LogP contribution >= 0.6 is 0 Å². The van der Waals surface area contributed by atoms with Crippen molar-refractivity contribution in [2.45, 2.75) is 32.4 Å². The first-order valence-corrected chi connectivity index (χ1v) is 6.78. The van der Waals surface area contributed by atoms with Crippen LogP contribution in [-0.2, 0) is 4.74 Å². The normalized spacial score (nSPS) is 20.4. The van der Waals surface area contributed by atoms with E-state index in [0.717, 1.165) is 12.1 Å². The molecule has 1 unspecified atom stereocenters. The summed E-state index contributed by atoms with van der Waals surface area (Å²) in [5.41, 5.74) is 1.42. The third-order valence-electron chi connectivity index (χ3n) is 3.67. The van der Waals surface area contributed by atoms with E-state index < -0.39 is 0 Å². The van der Waals surface area contributed by atoms with Crippen molar-refractivity contribution >= 4 is 5.69 Å². The topological polar surface area (TPSA) is 24.5 Å². The SMILES string of the molecule is CNC(C)c1ccc(N2CCOC(C)(C)C2)c(F)c1. The Hall–Kier alpha value is -1.13. The molecule has 2 rings (SSSR count). The van der Waals surface area contributed by atoms with Crippen LogP contribution in [0, 0.1) is 5.82 Å². The van der Waals surface area contributed by atoms with Crippen molar-refractivity contribution in [3.8, 4) is 0 Å². The molecule has 19 heavy (non-hydrogen) atoms. The van der Waals surface area contributed by atoms with Gasteiger partial charge in [-0.3, -0.25) is 0 Å². The van der Waals surface area contributed by atoms with E-state index >= 15 is 0 Å². The molecule has 106 valence electrons. The average molecular weight is 266 g/mol. The monoisotopic (exact) mass is 266 g/mol. The van der Waals surface area contributed by atoms with Gasteiger partial charge in [0.15, 0.2) is 0 Å². The Kier molecular flexibility index (Phi) is 4.11. The maximum absolute atomic E-state index is 14.3. The lowest BCUT2D eigenvalue weighted by Gasteiger charge is -2.39. The lowest BCUT2D eigenvalue weighted by Crippen LogP contribution is -2.48. The van der Waals surface area contributed by atoms with Gasteiger partial charge in [-0.1, -0.05) is 6.07 Å². The van der Waals surface area contributed by atoms with Crippen LogP contribution in [0.3, 0.4) is 0 Å². The zero-order valence-electron chi connectivity index (χ0n) is 12.2. The third-order valence-corrected chi connectivity index (χ3v) is 3.67. The van der Waals surface area contributed by atoms with Crippen molar-refractivity contribution in [3.05, 3.63) is 29.6 Å². The lowest BCUT2D eigenvalue weighted by atomic mass is 10.0. The molecule has 1 aliphatic rings. The summed E-state index contributed by atoms with van der Waals surface area (Å²) in [7, 11) is 1.88. The number of nitrogens with zero attached hydrogens (tertiary/aromatic N) is 1. The molecular weight excluding hydrogens is 243 g/mol. The molecule has 1 aromatic carbocycles. The number of ether oxygens (including phenoxy) is 1. The van der Waals surface area contributed by atoms with E-state index in [1.165, 1.54) is 0 Å². The van der Waals surface area contributed by atoms with Gasteiger partial charge in [-0.2, -0.15) is 0 Å². The summed E-state index contributed by atoms with van der Waals surface area (Å²) in [5.74, 6) is -0.155. The molecule has 0 spiro atoms. The Morgan fingerprint density at radius 2 is 2.16 bits per heavy atom. The largest absolute Gasteiger partial charge is 0.372 e. The second-order valence-corrected chi connectivity index (χ2v) is 5.75. The number of hydrogen-bond acceptors (Lipinski definition) is 3. The zero-order chi connectivity index (χ0) is 14.0. The van der Waals surface area contributed by atoms with Gasteiger partial charge in [0.25, 0.3) is 0 Å². The molecule has 1 saturated heterocycles. The molecule has 1 heterocycles. The van der Waals surface area contributed by atoms with E-state index in [1.807, 2.05) is 40.0 Å². The van der Waals surface area contributed by atoms with Gasteiger partial charge in [-0.25, -0.2) is 4.39 Å². The maximum atomic E-state index is 14.3. The number of benzene rings is 1. The lowest BCUT2D eigenvalue weighted by molar-refractivity contribution is -0.0278. The van der Waals surface area contributed by atoms with Crippen LogP contribution in [0.2, 0.25) is 0 Å². The van der Waals surface area contributed by atoms with Crippen LogP contribution in [-0.4, -0.2) is 32.3 Å². The van der Waals surface area contributed by atoms with Gasteiger partial charge in [0.1, 0.15) is 5.82 Å². The summed E-state index contributed by atoms with van der Waals surface area (Å²) < 4.78 is 19.9. The molecule has 0 saturated carbocycles. The quantitative estimate of drug-likeness (QED) is 0.910. The van der Waals surface area contributed by atoms with E-state index in [9.17, 15) is 4.39 Å². The maximum Gasteiger partial charge on any atom is 0.146 e. The molecule has 1 atom stereocenters. The summed E-state index contributed by atoms with van der Waals surface area (Å²) in [6.45, 7) is 8.18. The Morgan fingerprint density at radius 1 is 1.42 bits per heavy atom. The van der Waals surface area contributed by atoms with E-state index in [1.54, 1.807) is 6.07 Å². The molecule has 3 nitrogen and oxygen atoms in total. The molecule has 1 aromatic rings. The van der Waals surface area contributed by atoms with Crippen LogP contribution in [0.5, 0.6) is 0 Å². The van der Waals surface area contributed by atoms with Crippen molar-refractivity contribution in [2.75, 3.05) is 31.6 Å². The first-order chi connectivity index (χ1) is 8.93. The van der Waals surface area contributed by atoms with Crippen LogP contribution in [0.4, 0.5) is 10.1 Å². The van der Waals surface area contributed by atoms with Crippen LogP contribution < -0.4 is 10.2 Å². The Bertz CT molecular complexity index is 448. The summed E-state index contributed by atoms with van der Waals surface area (Å²) >= 11 is 0. The Labute approximate surface area is 114 Å². The van der Waals surface area contributed by atoms with Crippen LogP contribution in [0.25, 0.3) is 0 Å². The fourth-order valence-corrected chi connectivity index (χ4v) is 2.44. The highest BCUT2D eigenvalue weighted by atomic mass is 19.1. The minimum atomic E-state index is -0.221. The third kappa shape index (κ3) is 3.25.